The maximum Gasteiger partial charge on any atom is 0.410 e. The molecule has 0 unspecified atom stereocenters. The Labute approximate surface area is 141 Å². The number of H-pyrrole nitrogens is 1. The molecule has 0 spiro atoms. The quantitative estimate of drug-likeness (QED) is 0.673. The summed E-state index contributed by atoms with van der Waals surface area (Å²) >= 11 is 0. The smallest absolute Gasteiger partial charge is 0.410 e. The molecule has 24 heavy (non-hydrogen) atoms. The number of Topliss-reactive ketones (excluding diaryl/α,β-unsaturated/α-hetero) is 1. The fourth-order valence-corrected chi connectivity index (χ4v) is 2.50. The van der Waals surface area contributed by atoms with E-state index in [0.717, 1.165) is 0 Å². The van der Waals surface area contributed by atoms with Crippen molar-refractivity contribution >= 4 is 17.8 Å². The number of esters is 1. The Hall–Kier alpha value is -2.31. The highest BCUT2D eigenvalue weighted by atomic mass is 16.6. The molecule has 0 saturated carbocycles. The van der Waals surface area contributed by atoms with Crippen LogP contribution < -0.4 is 0 Å². The summed E-state index contributed by atoms with van der Waals surface area (Å²) in [7, 11) is 0. The first-order valence-corrected chi connectivity index (χ1v) is 8.07. The molecule has 1 amide bonds. The van der Waals surface area contributed by atoms with E-state index in [1.54, 1.807) is 39.1 Å². The van der Waals surface area contributed by atoms with E-state index in [2.05, 4.69) is 4.98 Å². The van der Waals surface area contributed by atoms with Crippen LogP contribution in [0.4, 0.5) is 4.79 Å². The van der Waals surface area contributed by atoms with Gasteiger partial charge in [-0.2, -0.15) is 0 Å². The van der Waals surface area contributed by atoms with E-state index in [1.807, 2.05) is 0 Å². The zero-order valence-corrected chi connectivity index (χ0v) is 14.3. The number of carbonyl (C=O) groups excluding carboxylic acids is 3. The van der Waals surface area contributed by atoms with Crippen LogP contribution in [0.1, 0.15) is 44.1 Å². The van der Waals surface area contributed by atoms with Crippen molar-refractivity contribution in [1.29, 1.82) is 0 Å². The molecule has 1 fully saturated rings. The highest BCUT2D eigenvalue weighted by molar-refractivity contribution is 5.96. The average Bonchev–Trinajstić information content (AvgIpc) is 3.05. The van der Waals surface area contributed by atoms with E-state index in [0.29, 0.717) is 25.1 Å². The summed E-state index contributed by atoms with van der Waals surface area (Å²) in [6.07, 6.45) is 2.54. The third kappa shape index (κ3) is 5.11. The van der Waals surface area contributed by atoms with Crippen LogP contribution in [-0.4, -0.2) is 53.0 Å². The van der Waals surface area contributed by atoms with Gasteiger partial charge in [0.1, 0.15) is 5.60 Å². The van der Waals surface area contributed by atoms with E-state index >= 15 is 0 Å². The number of nitrogens with one attached hydrogen (secondary N) is 1. The Morgan fingerprint density at radius 3 is 2.71 bits per heavy atom. The number of nitrogens with zero attached hydrogens (tertiary/aromatic N) is 1. The van der Waals surface area contributed by atoms with E-state index in [9.17, 15) is 14.4 Å². The minimum atomic E-state index is -0.576. The van der Waals surface area contributed by atoms with Crippen molar-refractivity contribution in [3.63, 3.8) is 0 Å². The van der Waals surface area contributed by atoms with Crippen LogP contribution in [0.2, 0.25) is 0 Å². The first-order valence-electron chi connectivity index (χ1n) is 8.07. The number of rotatable bonds is 4. The summed E-state index contributed by atoms with van der Waals surface area (Å²) in [6.45, 7) is 5.90. The molecule has 132 valence electrons. The molecule has 1 saturated heterocycles. The summed E-state index contributed by atoms with van der Waals surface area (Å²) in [5.41, 5.74) is -0.172. The van der Waals surface area contributed by atoms with Crippen molar-refractivity contribution in [3.05, 3.63) is 24.0 Å². The molecule has 7 nitrogen and oxygen atoms in total. The molecule has 0 aromatic carbocycles. The van der Waals surface area contributed by atoms with Gasteiger partial charge in [-0.25, -0.2) is 4.79 Å². The van der Waals surface area contributed by atoms with Gasteiger partial charge in [-0.3, -0.25) is 9.59 Å². The first kappa shape index (κ1) is 18.0. The molecular weight excluding hydrogens is 312 g/mol. The fourth-order valence-electron chi connectivity index (χ4n) is 2.50. The Balaban J connectivity index is 1.84. The van der Waals surface area contributed by atoms with Crippen molar-refractivity contribution in [2.45, 2.75) is 39.2 Å². The lowest BCUT2D eigenvalue weighted by molar-refractivity contribution is -0.149. The molecule has 1 aromatic rings. The highest BCUT2D eigenvalue weighted by Gasteiger charge is 2.32. The molecule has 1 aliphatic heterocycles. The second kappa shape index (κ2) is 7.51. The molecule has 1 N–H and O–H groups in total. The van der Waals surface area contributed by atoms with Crippen LogP contribution in [0.3, 0.4) is 0 Å². The molecule has 7 heteroatoms. The van der Waals surface area contributed by atoms with E-state index in [-0.39, 0.29) is 18.9 Å². The number of hydrogen-bond donors (Lipinski definition) is 1. The summed E-state index contributed by atoms with van der Waals surface area (Å²) in [5.74, 6) is -1.17. The van der Waals surface area contributed by atoms with Crippen LogP contribution in [0, 0.1) is 5.92 Å². The molecular formula is C17H24N2O5. The predicted octanol–water partition coefficient (Wildman–Crippen LogP) is 2.39. The third-order valence-corrected chi connectivity index (χ3v) is 3.65. The van der Waals surface area contributed by atoms with E-state index in [4.69, 9.17) is 9.47 Å². The molecule has 2 rings (SSSR count). The maximum atomic E-state index is 12.2. The number of carbonyl (C=O) groups is 3. The molecule has 1 aliphatic rings. The Kier molecular flexibility index (Phi) is 5.64. The minimum Gasteiger partial charge on any atom is -0.457 e. The normalized spacial score (nSPS) is 18.1. The van der Waals surface area contributed by atoms with Gasteiger partial charge in [-0.05, 0) is 45.7 Å². The van der Waals surface area contributed by atoms with Crippen LogP contribution >= 0.6 is 0 Å². The van der Waals surface area contributed by atoms with E-state index in [1.165, 1.54) is 4.90 Å². The molecule has 0 bridgehead atoms. The lowest BCUT2D eigenvalue weighted by atomic mass is 9.98. The standard InChI is InChI=1S/C17H24N2O5/c1-17(2,3)24-16(22)19-9-5-6-12(10-19)15(21)23-11-14(20)13-7-4-8-18-13/h4,7-8,12,18H,5-6,9-11H2,1-3H3/t12-/m1/s1. The topological polar surface area (TPSA) is 88.7 Å². The molecule has 1 aromatic heterocycles. The fraction of sp³-hybridized carbons (Fsp3) is 0.588. The lowest BCUT2D eigenvalue weighted by Gasteiger charge is -2.33. The van der Waals surface area contributed by atoms with Gasteiger partial charge < -0.3 is 19.4 Å². The van der Waals surface area contributed by atoms with Gasteiger partial charge in [-0.15, -0.1) is 0 Å². The van der Waals surface area contributed by atoms with Gasteiger partial charge in [0.15, 0.2) is 6.61 Å². The summed E-state index contributed by atoms with van der Waals surface area (Å²) in [5, 5.41) is 0. The SMILES string of the molecule is CC(C)(C)OC(=O)N1CCC[C@@H](C(=O)OCC(=O)c2ccc[nH]2)C1. The van der Waals surface area contributed by atoms with Crippen molar-refractivity contribution in [3.8, 4) is 0 Å². The van der Waals surface area contributed by atoms with Crippen molar-refractivity contribution < 1.29 is 23.9 Å². The van der Waals surface area contributed by atoms with Crippen molar-refractivity contribution in [1.82, 2.24) is 9.88 Å². The van der Waals surface area contributed by atoms with Gasteiger partial charge in [0.25, 0.3) is 0 Å². The zero-order valence-electron chi connectivity index (χ0n) is 14.3. The predicted molar refractivity (Wildman–Crippen MR) is 86.6 cm³/mol. The minimum absolute atomic E-state index is 0.254. The number of hydrogen-bond acceptors (Lipinski definition) is 5. The van der Waals surface area contributed by atoms with Gasteiger partial charge in [0.05, 0.1) is 11.6 Å². The second-order valence-electron chi connectivity index (χ2n) is 6.88. The maximum absolute atomic E-state index is 12.2. The Morgan fingerprint density at radius 1 is 1.33 bits per heavy atom. The average molecular weight is 336 g/mol. The highest BCUT2D eigenvalue weighted by Crippen LogP contribution is 2.20. The van der Waals surface area contributed by atoms with Crippen molar-refractivity contribution in [2.24, 2.45) is 5.92 Å². The Bertz CT molecular complexity index is 589. The monoisotopic (exact) mass is 336 g/mol. The molecule has 1 atom stereocenters. The van der Waals surface area contributed by atoms with Gasteiger partial charge >= 0.3 is 12.1 Å². The lowest BCUT2D eigenvalue weighted by Crippen LogP contribution is -2.45. The summed E-state index contributed by atoms with van der Waals surface area (Å²) in [6, 6.07) is 3.33. The molecule has 0 aliphatic carbocycles. The number of aromatic amines is 1. The number of likely N-dealkylation sites (tertiary alicyclic amines) is 1. The number of aromatic nitrogens is 1. The van der Waals surface area contributed by atoms with E-state index < -0.39 is 23.6 Å². The van der Waals surface area contributed by atoms with Gasteiger partial charge in [-0.1, -0.05) is 0 Å². The first-order chi connectivity index (χ1) is 11.3. The number of ether oxygens (including phenoxy) is 2. The van der Waals surface area contributed by atoms with Crippen LogP contribution in [-0.2, 0) is 14.3 Å². The summed E-state index contributed by atoms with van der Waals surface area (Å²) < 4.78 is 10.4. The van der Waals surface area contributed by atoms with Crippen LogP contribution in [0.5, 0.6) is 0 Å². The largest absolute Gasteiger partial charge is 0.457 e. The summed E-state index contributed by atoms with van der Waals surface area (Å²) in [4.78, 5) is 40.4. The third-order valence-electron chi connectivity index (χ3n) is 3.65. The Morgan fingerprint density at radius 2 is 2.08 bits per heavy atom. The second-order valence-corrected chi connectivity index (χ2v) is 6.88. The van der Waals surface area contributed by atoms with Crippen LogP contribution in [0.25, 0.3) is 0 Å². The molecule has 2 heterocycles. The van der Waals surface area contributed by atoms with Crippen molar-refractivity contribution in [2.75, 3.05) is 19.7 Å². The number of amides is 1. The number of piperidine rings is 1. The molecule has 0 radical (unpaired) electrons. The van der Waals surface area contributed by atoms with Gasteiger partial charge in [0.2, 0.25) is 5.78 Å². The number of ketones is 1. The van der Waals surface area contributed by atoms with Gasteiger partial charge in [0, 0.05) is 19.3 Å². The zero-order chi connectivity index (χ0) is 17.7. The van der Waals surface area contributed by atoms with Crippen LogP contribution in [0.15, 0.2) is 18.3 Å².